The summed E-state index contributed by atoms with van der Waals surface area (Å²) in [6, 6.07) is 7.39. The fourth-order valence-electron chi connectivity index (χ4n) is 2.34. The number of rotatable bonds is 5. The van der Waals surface area contributed by atoms with Gasteiger partial charge in [-0.3, -0.25) is 9.69 Å². The van der Waals surface area contributed by atoms with Gasteiger partial charge in [-0.05, 0) is 44.5 Å². The number of hydrogen-bond acceptors (Lipinski definition) is 4. The molecule has 1 amide bonds. The molecule has 1 aliphatic heterocycles. The number of amides is 1. The molecule has 0 atom stereocenters. The number of anilines is 1. The first-order valence-electron chi connectivity index (χ1n) is 7.02. The Bertz CT molecular complexity index is 457. The van der Waals surface area contributed by atoms with E-state index in [4.69, 9.17) is 10.5 Å². The van der Waals surface area contributed by atoms with E-state index in [1.54, 1.807) is 0 Å². The lowest BCUT2D eigenvalue weighted by atomic mass is 9.99. The van der Waals surface area contributed by atoms with Crippen molar-refractivity contribution in [3.63, 3.8) is 0 Å². The quantitative estimate of drug-likeness (QED) is 0.628. The molecule has 3 N–H and O–H groups in total. The Morgan fingerprint density at radius 2 is 2.05 bits per heavy atom. The molecule has 0 radical (unpaired) electrons. The molecule has 0 aliphatic carbocycles. The summed E-state index contributed by atoms with van der Waals surface area (Å²) in [6.07, 6.45) is 0.890. The van der Waals surface area contributed by atoms with Crippen LogP contribution in [0.25, 0.3) is 0 Å². The molecule has 1 fully saturated rings. The molecule has 0 unspecified atom stereocenters. The smallest absolute Gasteiger partial charge is 0.239 e. The SMILES string of the molecule is CC1(C)C(=O)NCCN1CCCOc1ccc(N)cc1. The van der Waals surface area contributed by atoms with E-state index in [1.807, 2.05) is 38.1 Å². The molecule has 0 bridgehead atoms. The van der Waals surface area contributed by atoms with Crippen LogP contribution in [0.4, 0.5) is 5.69 Å². The topological polar surface area (TPSA) is 67.6 Å². The predicted molar refractivity (Wildman–Crippen MR) is 79.6 cm³/mol. The molecule has 2 rings (SSSR count). The van der Waals surface area contributed by atoms with Crippen molar-refractivity contribution in [3.8, 4) is 5.75 Å². The third-order valence-electron chi connectivity index (χ3n) is 3.73. The molecule has 0 aromatic heterocycles. The van der Waals surface area contributed by atoms with E-state index in [9.17, 15) is 4.79 Å². The molecule has 5 nitrogen and oxygen atoms in total. The van der Waals surface area contributed by atoms with Crippen LogP contribution in [0.5, 0.6) is 5.75 Å². The Balaban J connectivity index is 1.75. The Morgan fingerprint density at radius 3 is 2.75 bits per heavy atom. The van der Waals surface area contributed by atoms with Gasteiger partial charge in [0.25, 0.3) is 0 Å². The lowest BCUT2D eigenvalue weighted by Crippen LogP contribution is -2.61. The summed E-state index contributed by atoms with van der Waals surface area (Å²) in [5.41, 5.74) is 5.93. The fraction of sp³-hybridized carbons (Fsp3) is 0.533. The van der Waals surface area contributed by atoms with Gasteiger partial charge in [0.05, 0.1) is 12.1 Å². The Morgan fingerprint density at radius 1 is 1.35 bits per heavy atom. The second-order valence-electron chi connectivity index (χ2n) is 5.57. The van der Waals surface area contributed by atoms with Crippen molar-refractivity contribution in [2.24, 2.45) is 0 Å². The van der Waals surface area contributed by atoms with Gasteiger partial charge < -0.3 is 15.8 Å². The van der Waals surface area contributed by atoms with E-state index in [0.717, 1.165) is 37.5 Å². The maximum absolute atomic E-state index is 11.8. The van der Waals surface area contributed by atoms with Crippen molar-refractivity contribution >= 4 is 11.6 Å². The molecule has 0 spiro atoms. The monoisotopic (exact) mass is 277 g/mol. The predicted octanol–water partition coefficient (Wildman–Crippen LogP) is 1.25. The lowest BCUT2D eigenvalue weighted by molar-refractivity contribution is -0.135. The minimum Gasteiger partial charge on any atom is -0.494 e. The average molecular weight is 277 g/mol. The molecule has 0 saturated carbocycles. The zero-order valence-corrected chi connectivity index (χ0v) is 12.2. The fourth-order valence-corrected chi connectivity index (χ4v) is 2.34. The van der Waals surface area contributed by atoms with Crippen LogP contribution in [0.1, 0.15) is 20.3 Å². The number of carbonyl (C=O) groups excluding carboxylic acids is 1. The lowest BCUT2D eigenvalue weighted by Gasteiger charge is -2.41. The number of carbonyl (C=O) groups is 1. The maximum atomic E-state index is 11.8. The van der Waals surface area contributed by atoms with Crippen LogP contribution in [0, 0.1) is 0 Å². The van der Waals surface area contributed by atoms with Crippen molar-refractivity contribution in [1.29, 1.82) is 0 Å². The minimum absolute atomic E-state index is 0.100. The maximum Gasteiger partial charge on any atom is 0.239 e. The minimum atomic E-state index is -0.431. The van der Waals surface area contributed by atoms with Gasteiger partial charge in [-0.25, -0.2) is 0 Å². The summed E-state index contributed by atoms with van der Waals surface area (Å²) in [4.78, 5) is 14.0. The summed E-state index contributed by atoms with van der Waals surface area (Å²) < 4.78 is 5.66. The molecular formula is C15H23N3O2. The Kier molecular flexibility index (Phi) is 4.49. The van der Waals surface area contributed by atoms with Gasteiger partial charge in [-0.2, -0.15) is 0 Å². The molecule has 1 saturated heterocycles. The van der Waals surface area contributed by atoms with Crippen LogP contribution in [-0.4, -0.2) is 42.6 Å². The third-order valence-corrected chi connectivity index (χ3v) is 3.73. The highest BCUT2D eigenvalue weighted by molar-refractivity contribution is 5.86. The van der Waals surface area contributed by atoms with Crippen LogP contribution in [0.15, 0.2) is 24.3 Å². The Labute approximate surface area is 120 Å². The molecule has 5 heteroatoms. The van der Waals surface area contributed by atoms with Crippen molar-refractivity contribution in [3.05, 3.63) is 24.3 Å². The van der Waals surface area contributed by atoms with Crippen molar-refractivity contribution in [2.75, 3.05) is 32.0 Å². The number of ether oxygens (including phenoxy) is 1. The van der Waals surface area contributed by atoms with Gasteiger partial charge in [0.2, 0.25) is 5.91 Å². The van der Waals surface area contributed by atoms with Gasteiger partial charge in [-0.1, -0.05) is 0 Å². The number of piperazine rings is 1. The van der Waals surface area contributed by atoms with E-state index in [2.05, 4.69) is 10.2 Å². The van der Waals surface area contributed by atoms with Crippen LogP contribution in [0.3, 0.4) is 0 Å². The largest absolute Gasteiger partial charge is 0.494 e. The highest BCUT2D eigenvalue weighted by Crippen LogP contribution is 2.18. The second kappa shape index (κ2) is 6.13. The number of nitrogen functional groups attached to an aromatic ring is 1. The number of benzene rings is 1. The highest BCUT2D eigenvalue weighted by Gasteiger charge is 2.36. The first kappa shape index (κ1) is 14.7. The van der Waals surface area contributed by atoms with Crippen molar-refractivity contribution < 1.29 is 9.53 Å². The van der Waals surface area contributed by atoms with Crippen molar-refractivity contribution in [1.82, 2.24) is 10.2 Å². The standard InChI is InChI=1S/C15H23N3O2/c1-15(2)14(19)17-8-10-18(15)9-3-11-20-13-6-4-12(16)5-7-13/h4-7H,3,8-11,16H2,1-2H3,(H,17,19). The van der Waals surface area contributed by atoms with E-state index in [1.165, 1.54) is 0 Å². The van der Waals surface area contributed by atoms with Gasteiger partial charge in [-0.15, -0.1) is 0 Å². The molecule has 110 valence electrons. The van der Waals surface area contributed by atoms with Crippen LogP contribution < -0.4 is 15.8 Å². The highest BCUT2D eigenvalue weighted by atomic mass is 16.5. The summed E-state index contributed by atoms with van der Waals surface area (Å²) in [5.74, 6) is 0.929. The zero-order valence-electron chi connectivity index (χ0n) is 12.2. The first-order valence-corrected chi connectivity index (χ1v) is 7.02. The van der Waals surface area contributed by atoms with Crippen LogP contribution in [0.2, 0.25) is 0 Å². The van der Waals surface area contributed by atoms with Gasteiger partial charge in [0, 0.05) is 25.3 Å². The number of hydrogen-bond donors (Lipinski definition) is 2. The number of nitrogens with two attached hydrogens (primary N) is 1. The van der Waals surface area contributed by atoms with E-state index in [-0.39, 0.29) is 5.91 Å². The summed E-state index contributed by atoms with van der Waals surface area (Å²) >= 11 is 0. The molecule has 1 aromatic carbocycles. The molecule has 1 heterocycles. The van der Waals surface area contributed by atoms with E-state index in [0.29, 0.717) is 6.61 Å². The van der Waals surface area contributed by atoms with Gasteiger partial charge >= 0.3 is 0 Å². The molecule has 20 heavy (non-hydrogen) atoms. The van der Waals surface area contributed by atoms with Crippen LogP contribution >= 0.6 is 0 Å². The van der Waals surface area contributed by atoms with E-state index >= 15 is 0 Å². The third kappa shape index (κ3) is 3.42. The normalized spacial score (nSPS) is 18.6. The van der Waals surface area contributed by atoms with Crippen LogP contribution in [-0.2, 0) is 4.79 Å². The Hall–Kier alpha value is -1.75. The van der Waals surface area contributed by atoms with Gasteiger partial charge in [0.15, 0.2) is 0 Å². The summed E-state index contributed by atoms with van der Waals surface area (Å²) in [6.45, 7) is 7.03. The average Bonchev–Trinajstić information content (AvgIpc) is 2.41. The molecule has 1 aliphatic rings. The first-order chi connectivity index (χ1) is 9.50. The summed E-state index contributed by atoms with van der Waals surface area (Å²) in [5, 5.41) is 2.90. The van der Waals surface area contributed by atoms with Crippen molar-refractivity contribution in [2.45, 2.75) is 25.8 Å². The van der Waals surface area contributed by atoms with E-state index < -0.39 is 5.54 Å². The van der Waals surface area contributed by atoms with Gasteiger partial charge in [0.1, 0.15) is 5.75 Å². The molecular weight excluding hydrogens is 254 g/mol. The summed E-state index contributed by atoms with van der Waals surface area (Å²) in [7, 11) is 0. The number of nitrogens with zero attached hydrogens (tertiary/aromatic N) is 1. The number of nitrogens with one attached hydrogen (secondary N) is 1. The molecule has 1 aromatic rings. The zero-order chi connectivity index (χ0) is 14.6. The second-order valence-corrected chi connectivity index (χ2v) is 5.57.